The van der Waals surface area contributed by atoms with Crippen molar-refractivity contribution >= 4 is 43.5 Å². The van der Waals surface area contributed by atoms with Crippen LogP contribution in [0.5, 0.6) is 0 Å². The second-order valence-corrected chi connectivity index (χ2v) is 15.9. The Hall–Kier alpha value is -4.63. The number of hydrogen-bond acceptors (Lipinski definition) is 3. The Labute approximate surface area is 315 Å². The summed E-state index contributed by atoms with van der Waals surface area (Å²) < 4.78 is 6.63. The quantitative estimate of drug-likeness (QED) is 0.131. The molecule has 0 amide bonds. The van der Waals surface area contributed by atoms with Crippen molar-refractivity contribution in [3.05, 3.63) is 144 Å². The van der Waals surface area contributed by atoms with Crippen molar-refractivity contribution < 1.29 is 24.5 Å². The molecule has 3 aromatic heterocycles. The van der Waals surface area contributed by atoms with E-state index in [2.05, 4.69) is 162 Å². The number of aryl methyl sites for hydroxylation is 1. The SMILES string of the molecule is CC(C)(C)Cc1ccnc(-c2[c-]ccc3c2oc2c3ccc3ccc4ccccc4c32)c1.Cc1c[c-]c(-c2ccc(CC(C)(C)C)cn2)cc1.[Ir]. The summed E-state index contributed by atoms with van der Waals surface area (Å²) in [7, 11) is 0. The number of aromatic nitrogens is 2. The van der Waals surface area contributed by atoms with Crippen LogP contribution in [0.4, 0.5) is 0 Å². The van der Waals surface area contributed by atoms with Crippen LogP contribution < -0.4 is 0 Å². The van der Waals surface area contributed by atoms with Gasteiger partial charge in [0.25, 0.3) is 0 Å². The third-order valence-corrected chi connectivity index (χ3v) is 8.92. The summed E-state index contributed by atoms with van der Waals surface area (Å²) in [4.78, 5) is 9.21. The topological polar surface area (TPSA) is 38.9 Å². The summed E-state index contributed by atoms with van der Waals surface area (Å²) in [5.74, 6) is 0. The van der Waals surface area contributed by atoms with E-state index in [4.69, 9.17) is 4.42 Å². The summed E-state index contributed by atoms with van der Waals surface area (Å²) in [6.45, 7) is 15.6. The van der Waals surface area contributed by atoms with Gasteiger partial charge in [-0.05, 0) is 62.8 Å². The predicted octanol–water partition coefficient (Wildman–Crippen LogP) is 12.8. The number of pyridine rings is 2. The van der Waals surface area contributed by atoms with Crippen molar-refractivity contribution in [2.45, 2.75) is 61.3 Å². The van der Waals surface area contributed by atoms with E-state index < -0.39 is 0 Å². The van der Waals surface area contributed by atoms with Crippen LogP contribution in [0.3, 0.4) is 0 Å². The first-order chi connectivity index (χ1) is 23.9. The van der Waals surface area contributed by atoms with E-state index in [1.54, 1.807) is 0 Å². The van der Waals surface area contributed by atoms with Gasteiger partial charge in [-0.1, -0.05) is 132 Å². The van der Waals surface area contributed by atoms with E-state index in [9.17, 15) is 0 Å². The molecule has 3 nitrogen and oxygen atoms in total. The summed E-state index contributed by atoms with van der Waals surface area (Å²) in [5.41, 5.74) is 9.97. The summed E-state index contributed by atoms with van der Waals surface area (Å²) in [6, 6.07) is 42.7. The zero-order chi connectivity index (χ0) is 35.0. The zero-order valence-electron chi connectivity index (χ0n) is 30.5. The third-order valence-electron chi connectivity index (χ3n) is 8.92. The van der Waals surface area contributed by atoms with Crippen molar-refractivity contribution in [2.75, 3.05) is 0 Å². The Morgan fingerprint density at radius 2 is 1.35 bits per heavy atom. The molecule has 8 rings (SSSR count). The molecule has 0 N–H and O–H groups in total. The van der Waals surface area contributed by atoms with Crippen LogP contribution in [0.25, 0.3) is 66.0 Å². The van der Waals surface area contributed by atoms with Gasteiger partial charge in [0, 0.05) is 43.3 Å². The van der Waals surface area contributed by atoms with Gasteiger partial charge in [0.1, 0.15) is 5.58 Å². The van der Waals surface area contributed by atoms with Crippen molar-refractivity contribution in [1.82, 2.24) is 9.97 Å². The van der Waals surface area contributed by atoms with E-state index in [-0.39, 0.29) is 25.5 Å². The summed E-state index contributed by atoms with van der Waals surface area (Å²) >= 11 is 0. The Balaban J connectivity index is 0.000000202. The van der Waals surface area contributed by atoms with E-state index in [1.165, 1.54) is 32.8 Å². The van der Waals surface area contributed by atoms with Crippen molar-refractivity contribution in [3.63, 3.8) is 0 Å². The average Bonchev–Trinajstić information content (AvgIpc) is 3.47. The van der Waals surface area contributed by atoms with Gasteiger partial charge in [-0.3, -0.25) is 0 Å². The minimum Gasteiger partial charge on any atom is -0.500 e. The molecule has 259 valence electrons. The van der Waals surface area contributed by atoms with Gasteiger partial charge in [-0.25, -0.2) is 0 Å². The molecule has 0 saturated heterocycles. The molecular weight excluding hydrogens is 801 g/mol. The van der Waals surface area contributed by atoms with Crippen LogP contribution >= 0.6 is 0 Å². The molecular formula is C47H44IrN2O-2. The monoisotopic (exact) mass is 845 g/mol. The third kappa shape index (κ3) is 8.14. The second-order valence-electron chi connectivity index (χ2n) is 15.9. The Kier molecular flexibility index (Phi) is 10.3. The number of rotatable bonds is 4. The molecule has 0 atom stereocenters. The van der Waals surface area contributed by atoms with Crippen LogP contribution in [0.2, 0.25) is 0 Å². The summed E-state index contributed by atoms with van der Waals surface area (Å²) in [5, 5.41) is 7.02. The molecule has 0 fully saturated rings. The van der Waals surface area contributed by atoms with Gasteiger partial charge in [-0.2, -0.15) is 0 Å². The molecule has 0 spiro atoms. The molecule has 0 bridgehead atoms. The zero-order valence-corrected chi connectivity index (χ0v) is 32.9. The normalized spacial score (nSPS) is 11.8. The smallest absolute Gasteiger partial charge is 0.129 e. The van der Waals surface area contributed by atoms with Gasteiger partial charge in [-0.15, -0.1) is 53.6 Å². The van der Waals surface area contributed by atoms with Crippen LogP contribution in [0.15, 0.2) is 120 Å². The van der Waals surface area contributed by atoms with Gasteiger partial charge in [0.15, 0.2) is 0 Å². The molecule has 8 aromatic rings. The van der Waals surface area contributed by atoms with Gasteiger partial charge in [0.05, 0.1) is 5.58 Å². The Bertz CT molecular complexity index is 2440. The first-order valence-corrected chi connectivity index (χ1v) is 17.5. The van der Waals surface area contributed by atoms with Crippen molar-refractivity contribution in [2.24, 2.45) is 10.8 Å². The number of furan rings is 1. The minimum absolute atomic E-state index is 0. The van der Waals surface area contributed by atoms with Gasteiger partial charge < -0.3 is 14.4 Å². The fourth-order valence-electron chi connectivity index (χ4n) is 6.77. The summed E-state index contributed by atoms with van der Waals surface area (Å²) in [6.07, 6.45) is 5.93. The molecule has 3 heterocycles. The number of hydrogen-bond donors (Lipinski definition) is 0. The van der Waals surface area contributed by atoms with Crippen LogP contribution in [-0.2, 0) is 32.9 Å². The maximum Gasteiger partial charge on any atom is 0.129 e. The molecule has 5 aromatic carbocycles. The number of fused-ring (bicyclic) bond motifs is 7. The predicted molar refractivity (Wildman–Crippen MR) is 210 cm³/mol. The number of nitrogens with zero attached hydrogens (tertiary/aromatic N) is 2. The first kappa shape index (κ1) is 36.2. The van der Waals surface area contributed by atoms with Crippen LogP contribution in [0.1, 0.15) is 58.2 Å². The molecule has 0 unspecified atom stereocenters. The van der Waals surface area contributed by atoms with Crippen LogP contribution in [0, 0.1) is 29.9 Å². The molecule has 0 aliphatic heterocycles. The fraction of sp³-hybridized carbons (Fsp3) is 0.234. The molecule has 4 heteroatoms. The van der Waals surface area contributed by atoms with Crippen LogP contribution in [-0.4, -0.2) is 9.97 Å². The Morgan fingerprint density at radius 3 is 2.08 bits per heavy atom. The second kappa shape index (κ2) is 14.5. The molecule has 1 radical (unpaired) electrons. The molecule has 0 aliphatic carbocycles. The van der Waals surface area contributed by atoms with Gasteiger partial charge >= 0.3 is 0 Å². The minimum atomic E-state index is 0. The average molecular weight is 845 g/mol. The number of benzene rings is 5. The van der Waals surface area contributed by atoms with Crippen molar-refractivity contribution in [3.8, 4) is 22.5 Å². The molecule has 0 aliphatic rings. The largest absolute Gasteiger partial charge is 0.500 e. The standard InChI is InChI=1S/C30H24NO.C17H20N.Ir/c1-30(2,3)18-19-15-16-31-26(17-19)25-10-6-9-23-24-14-13-21-12-11-20-7-4-5-8-22(20)27(21)29(24)32-28(23)25;1-13-5-8-15(9-6-13)16-10-7-14(12-18-16)11-17(2,3)4;/h4-9,11-17H,18H2,1-3H3;5-8,10,12H,11H2,1-4H3;/q2*-1;. The molecule has 0 saturated carbocycles. The maximum atomic E-state index is 6.63. The van der Waals surface area contributed by atoms with E-state index in [0.717, 1.165) is 62.7 Å². The first-order valence-electron chi connectivity index (χ1n) is 17.5. The van der Waals surface area contributed by atoms with E-state index in [0.29, 0.717) is 5.41 Å². The fourth-order valence-corrected chi connectivity index (χ4v) is 6.77. The van der Waals surface area contributed by atoms with Crippen molar-refractivity contribution in [1.29, 1.82) is 0 Å². The van der Waals surface area contributed by atoms with E-state index in [1.807, 2.05) is 24.5 Å². The van der Waals surface area contributed by atoms with Gasteiger partial charge in [0.2, 0.25) is 0 Å². The maximum absolute atomic E-state index is 6.63. The molecule has 51 heavy (non-hydrogen) atoms. The Morgan fingerprint density at radius 1 is 0.627 bits per heavy atom. The van der Waals surface area contributed by atoms with E-state index >= 15 is 0 Å².